The van der Waals surface area contributed by atoms with E-state index < -0.39 is 0 Å². The van der Waals surface area contributed by atoms with Gasteiger partial charge in [-0.05, 0) is 84.3 Å². The Labute approximate surface area is 128 Å². The summed E-state index contributed by atoms with van der Waals surface area (Å²) in [5.41, 5.74) is 3.68. The van der Waals surface area contributed by atoms with Crippen molar-refractivity contribution >= 4 is 28.3 Å². The number of hydrogen-bond donors (Lipinski definition) is 2. The van der Waals surface area contributed by atoms with E-state index in [1.165, 1.54) is 20.4 Å². The van der Waals surface area contributed by atoms with Gasteiger partial charge in [0.2, 0.25) is 0 Å². The van der Waals surface area contributed by atoms with Gasteiger partial charge in [-0.2, -0.15) is 0 Å². The van der Waals surface area contributed by atoms with Crippen LogP contribution >= 0.6 is 22.6 Å². The molecule has 0 aliphatic heterocycles. The average molecular weight is 367 g/mol. The lowest BCUT2D eigenvalue weighted by Gasteiger charge is -2.17. The van der Waals surface area contributed by atoms with E-state index in [0.29, 0.717) is 11.8 Å². The molecule has 0 saturated heterocycles. The van der Waals surface area contributed by atoms with Gasteiger partial charge in [0.05, 0.1) is 0 Å². The van der Waals surface area contributed by atoms with Crippen LogP contribution in [0.3, 0.4) is 0 Å². The van der Waals surface area contributed by atoms with Gasteiger partial charge < -0.3 is 10.4 Å². The number of aryl methyl sites for hydroxylation is 1. The molecule has 19 heavy (non-hydrogen) atoms. The molecule has 2 aromatic carbocycles. The van der Waals surface area contributed by atoms with Crippen LogP contribution in [0.4, 0.5) is 5.69 Å². The van der Waals surface area contributed by atoms with E-state index in [2.05, 4.69) is 60.0 Å². The molecule has 0 aliphatic rings. The maximum Gasteiger partial charge on any atom is 0.115 e. The first kappa shape index (κ1) is 14.2. The summed E-state index contributed by atoms with van der Waals surface area (Å²) in [4.78, 5) is 0. The monoisotopic (exact) mass is 367 g/mol. The van der Waals surface area contributed by atoms with Crippen molar-refractivity contribution in [2.75, 3.05) is 5.32 Å². The summed E-state index contributed by atoms with van der Waals surface area (Å²) in [5, 5.41) is 12.8. The number of phenolic OH excluding ortho intramolecular Hbond substituents is 1. The molecule has 3 heteroatoms. The van der Waals surface area contributed by atoms with E-state index in [9.17, 15) is 5.11 Å². The van der Waals surface area contributed by atoms with Crippen LogP contribution in [0.2, 0.25) is 0 Å². The maximum atomic E-state index is 9.27. The second-order valence-electron chi connectivity index (χ2n) is 4.88. The van der Waals surface area contributed by atoms with Crippen LogP contribution in [0.1, 0.15) is 18.1 Å². The smallest absolute Gasteiger partial charge is 0.115 e. The van der Waals surface area contributed by atoms with Gasteiger partial charge in [-0.25, -0.2) is 0 Å². The lowest BCUT2D eigenvalue weighted by Crippen LogP contribution is -2.18. The molecule has 0 saturated carbocycles. The second-order valence-corrected chi connectivity index (χ2v) is 6.12. The molecule has 100 valence electrons. The third-order valence-corrected chi connectivity index (χ3v) is 3.74. The van der Waals surface area contributed by atoms with Crippen molar-refractivity contribution in [2.24, 2.45) is 0 Å². The summed E-state index contributed by atoms with van der Waals surface area (Å²) < 4.78 is 1.26. The molecule has 0 spiro atoms. The average Bonchev–Trinajstić information content (AvgIpc) is 2.36. The van der Waals surface area contributed by atoms with Gasteiger partial charge in [0.1, 0.15) is 5.75 Å². The quantitative estimate of drug-likeness (QED) is 0.788. The molecule has 0 heterocycles. The molecule has 0 bridgehead atoms. The van der Waals surface area contributed by atoms with Gasteiger partial charge in [0.15, 0.2) is 0 Å². The van der Waals surface area contributed by atoms with Crippen LogP contribution < -0.4 is 5.32 Å². The molecule has 0 radical (unpaired) electrons. The highest BCUT2D eigenvalue weighted by Crippen LogP contribution is 2.19. The third kappa shape index (κ3) is 4.13. The number of phenols is 1. The molecule has 1 atom stereocenters. The number of halogens is 1. The Morgan fingerprint density at radius 2 is 1.84 bits per heavy atom. The first-order valence-electron chi connectivity index (χ1n) is 6.35. The Hall–Kier alpha value is -1.23. The highest BCUT2D eigenvalue weighted by atomic mass is 127. The Morgan fingerprint density at radius 1 is 1.16 bits per heavy atom. The zero-order chi connectivity index (χ0) is 13.8. The Balaban J connectivity index is 2.01. The minimum absolute atomic E-state index is 0.317. The van der Waals surface area contributed by atoms with Crippen LogP contribution in [0, 0.1) is 10.5 Å². The molecule has 0 amide bonds. The first-order valence-corrected chi connectivity index (χ1v) is 7.43. The van der Waals surface area contributed by atoms with E-state index >= 15 is 0 Å². The van der Waals surface area contributed by atoms with Crippen molar-refractivity contribution in [3.63, 3.8) is 0 Å². The van der Waals surface area contributed by atoms with Gasteiger partial charge in [0, 0.05) is 15.3 Å². The molecule has 2 N–H and O–H groups in total. The van der Waals surface area contributed by atoms with Crippen molar-refractivity contribution < 1.29 is 5.11 Å². The van der Waals surface area contributed by atoms with Gasteiger partial charge in [-0.1, -0.05) is 12.1 Å². The summed E-state index contributed by atoms with van der Waals surface area (Å²) in [7, 11) is 0. The Morgan fingerprint density at radius 3 is 2.47 bits per heavy atom. The zero-order valence-corrected chi connectivity index (χ0v) is 13.3. The molecule has 0 fully saturated rings. The number of anilines is 1. The van der Waals surface area contributed by atoms with Crippen molar-refractivity contribution in [3.05, 3.63) is 57.2 Å². The lowest BCUT2D eigenvalue weighted by atomic mass is 10.1. The highest BCUT2D eigenvalue weighted by Gasteiger charge is 2.06. The Kier molecular flexibility index (Phi) is 4.69. The molecule has 2 aromatic rings. The predicted octanol–water partition coefficient (Wildman–Crippen LogP) is 4.35. The minimum Gasteiger partial charge on any atom is -0.508 e. The summed E-state index contributed by atoms with van der Waals surface area (Å²) in [6, 6.07) is 14.2. The van der Waals surface area contributed by atoms with E-state index in [0.717, 1.165) is 6.42 Å². The first-order chi connectivity index (χ1) is 9.04. The number of hydrogen-bond acceptors (Lipinski definition) is 2. The fourth-order valence-corrected chi connectivity index (χ4v) is 2.74. The van der Waals surface area contributed by atoms with E-state index in [1.54, 1.807) is 12.1 Å². The third-order valence-electron chi connectivity index (χ3n) is 3.07. The van der Waals surface area contributed by atoms with Crippen LogP contribution in [-0.4, -0.2) is 11.1 Å². The molecule has 0 aliphatic carbocycles. The van der Waals surface area contributed by atoms with Crippen molar-refractivity contribution in [1.29, 1.82) is 0 Å². The van der Waals surface area contributed by atoms with Gasteiger partial charge in [-0.15, -0.1) is 0 Å². The fraction of sp³-hybridized carbons (Fsp3) is 0.250. The molecule has 0 aromatic heterocycles. The van der Waals surface area contributed by atoms with Gasteiger partial charge in [-0.3, -0.25) is 0 Å². The molecule has 2 nitrogen and oxygen atoms in total. The molecular weight excluding hydrogens is 349 g/mol. The Bertz CT molecular complexity index is 551. The van der Waals surface area contributed by atoms with Crippen molar-refractivity contribution in [2.45, 2.75) is 26.3 Å². The zero-order valence-electron chi connectivity index (χ0n) is 11.2. The van der Waals surface area contributed by atoms with E-state index in [1.807, 2.05) is 12.1 Å². The normalized spacial score (nSPS) is 12.2. The van der Waals surface area contributed by atoms with Crippen molar-refractivity contribution in [3.8, 4) is 5.75 Å². The standard InChI is InChI=1S/C16H18INO/c1-11-9-14(17)5-8-16(11)18-12(2)10-13-3-6-15(19)7-4-13/h3-9,12,18-19H,10H2,1-2H3. The number of rotatable bonds is 4. The van der Waals surface area contributed by atoms with Crippen LogP contribution in [0.15, 0.2) is 42.5 Å². The summed E-state index contributed by atoms with van der Waals surface area (Å²) in [6.45, 7) is 4.29. The molecule has 2 rings (SSSR count). The number of nitrogens with one attached hydrogen (secondary N) is 1. The van der Waals surface area contributed by atoms with Crippen LogP contribution in [0.5, 0.6) is 5.75 Å². The topological polar surface area (TPSA) is 32.3 Å². The molecule has 1 unspecified atom stereocenters. The predicted molar refractivity (Wildman–Crippen MR) is 88.8 cm³/mol. The van der Waals surface area contributed by atoms with Crippen LogP contribution in [0.25, 0.3) is 0 Å². The van der Waals surface area contributed by atoms with Gasteiger partial charge in [0.25, 0.3) is 0 Å². The number of benzene rings is 2. The SMILES string of the molecule is Cc1cc(I)ccc1NC(C)Cc1ccc(O)cc1. The summed E-state index contributed by atoms with van der Waals surface area (Å²) in [6.07, 6.45) is 0.936. The lowest BCUT2D eigenvalue weighted by molar-refractivity contribution is 0.475. The maximum absolute atomic E-state index is 9.27. The van der Waals surface area contributed by atoms with Gasteiger partial charge >= 0.3 is 0 Å². The minimum atomic E-state index is 0.317. The largest absolute Gasteiger partial charge is 0.508 e. The summed E-state index contributed by atoms with van der Waals surface area (Å²) >= 11 is 2.33. The highest BCUT2D eigenvalue weighted by molar-refractivity contribution is 14.1. The second kappa shape index (κ2) is 6.28. The van der Waals surface area contributed by atoms with E-state index in [-0.39, 0.29) is 0 Å². The van der Waals surface area contributed by atoms with E-state index in [4.69, 9.17) is 0 Å². The van der Waals surface area contributed by atoms with Crippen molar-refractivity contribution in [1.82, 2.24) is 0 Å². The summed E-state index contributed by atoms with van der Waals surface area (Å²) in [5.74, 6) is 0.317. The fourth-order valence-electron chi connectivity index (χ4n) is 2.09. The number of aromatic hydroxyl groups is 1. The van der Waals surface area contributed by atoms with Crippen LogP contribution in [-0.2, 0) is 6.42 Å². The molecular formula is C16H18INO.